The molecule has 0 saturated carbocycles. The van der Waals surface area contributed by atoms with Gasteiger partial charge in [0, 0.05) is 25.7 Å². The van der Waals surface area contributed by atoms with Gasteiger partial charge in [-0.2, -0.15) is 0 Å². The number of alkyl carbamates (subject to hydrolysis) is 2. The van der Waals surface area contributed by atoms with E-state index in [9.17, 15) is 9.59 Å². The minimum Gasteiger partial charge on any atom is -0.444 e. The van der Waals surface area contributed by atoms with Crippen molar-refractivity contribution in [1.82, 2.24) is 16.0 Å². The molecule has 7 heteroatoms. The molecular weight excluding hydrogens is 310 g/mol. The van der Waals surface area contributed by atoms with Gasteiger partial charge in [0.1, 0.15) is 11.2 Å². The van der Waals surface area contributed by atoms with Crippen LogP contribution in [0.15, 0.2) is 0 Å². The molecule has 0 heterocycles. The molecule has 0 aromatic carbocycles. The van der Waals surface area contributed by atoms with Crippen molar-refractivity contribution in [2.75, 3.05) is 19.6 Å². The van der Waals surface area contributed by atoms with E-state index in [4.69, 9.17) is 9.47 Å². The summed E-state index contributed by atoms with van der Waals surface area (Å²) in [6.45, 7) is 14.8. The van der Waals surface area contributed by atoms with E-state index < -0.39 is 17.3 Å². The number of carbonyl (C=O) groups is 2. The zero-order valence-electron chi connectivity index (χ0n) is 16.2. The first-order valence-electron chi connectivity index (χ1n) is 8.56. The molecule has 0 radical (unpaired) electrons. The first-order valence-corrected chi connectivity index (χ1v) is 8.56. The van der Waals surface area contributed by atoms with Crippen molar-refractivity contribution < 1.29 is 19.1 Å². The third-order valence-corrected chi connectivity index (χ3v) is 2.77. The summed E-state index contributed by atoms with van der Waals surface area (Å²) in [5.74, 6) is 0. The molecule has 0 fully saturated rings. The summed E-state index contributed by atoms with van der Waals surface area (Å²) >= 11 is 0. The van der Waals surface area contributed by atoms with Crippen molar-refractivity contribution in [2.45, 2.75) is 78.6 Å². The summed E-state index contributed by atoms with van der Waals surface area (Å²) in [5.41, 5.74) is -0.952. The van der Waals surface area contributed by atoms with Crippen molar-refractivity contribution >= 4 is 12.2 Å². The molecule has 2 amide bonds. The van der Waals surface area contributed by atoms with Crippen LogP contribution in [0.4, 0.5) is 9.59 Å². The molecule has 0 aliphatic carbocycles. The van der Waals surface area contributed by atoms with Gasteiger partial charge in [0.25, 0.3) is 0 Å². The van der Waals surface area contributed by atoms with Crippen molar-refractivity contribution in [3.8, 4) is 0 Å². The summed E-state index contributed by atoms with van der Waals surface area (Å²) < 4.78 is 10.3. The third kappa shape index (κ3) is 15.4. The summed E-state index contributed by atoms with van der Waals surface area (Å²) in [5, 5.41) is 8.75. The summed E-state index contributed by atoms with van der Waals surface area (Å²) in [6, 6.07) is 0.297. The molecule has 142 valence electrons. The molecule has 0 aromatic rings. The van der Waals surface area contributed by atoms with Gasteiger partial charge in [0.15, 0.2) is 0 Å². The van der Waals surface area contributed by atoms with Crippen LogP contribution < -0.4 is 16.0 Å². The fourth-order valence-electron chi connectivity index (χ4n) is 1.81. The SMILES string of the molecule is CC(CCCNC(=O)OC(C)(C)C)NCCNC(=O)OC(C)(C)C. The number of hydrogen-bond acceptors (Lipinski definition) is 5. The molecule has 0 spiro atoms. The molecule has 0 bridgehead atoms. The average molecular weight is 345 g/mol. The second-order valence-corrected chi connectivity index (χ2v) is 7.85. The van der Waals surface area contributed by atoms with E-state index in [0.29, 0.717) is 25.7 Å². The number of hydrogen-bond donors (Lipinski definition) is 3. The maximum absolute atomic E-state index is 11.5. The molecular formula is C17H35N3O4. The van der Waals surface area contributed by atoms with Gasteiger partial charge in [0.2, 0.25) is 0 Å². The summed E-state index contributed by atoms with van der Waals surface area (Å²) in [4.78, 5) is 22.9. The lowest BCUT2D eigenvalue weighted by molar-refractivity contribution is 0.0517. The predicted molar refractivity (Wildman–Crippen MR) is 95.2 cm³/mol. The van der Waals surface area contributed by atoms with Gasteiger partial charge in [-0.1, -0.05) is 0 Å². The molecule has 0 aliphatic rings. The standard InChI is InChI=1S/C17H35N3O4/c1-13(9-8-10-19-14(21)23-16(2,3)4)18-11-12-20-15(22)24-17(5,6)7/h13,18H,8-12H2,1-7H3,(H,19,21)(H,20,22). The summed E-state index contributed by atoms with van der Waals surface area (Å²) in [6.07, 6.45) is 0.984. The van der Waals surface area contributed by atoms with Crippen LogP contribution >= 0.6 is 0 Å². The van der Waals surface area contributed by atoms with Crippen molar-refractivity contribution in [1.29, 1.82) is 0 Å². The fraction of sp³-hybridized carbons (Fsp3) is 0.882. The smallest absolute Gasteiger partial charge is 0.407 e. The van der Waals surface area contributed by atoms with Gasteiger partial charge in [-0.05, 0) is 61.3 Å². The highest BCUT2D eigenvalue weighted by molar-refractivity contribution is 5.67. The maximum atomic E-state index is 11.5. The number of amides is 2. The first-order chi connectivity index (χ1) is 10.9. The van der Waals surface area contributed by atoms with Crippen LogP contribution in [0.25, 0.3) is 0 Å². The Balaban J connectivity index is 3.62. The van der Waals surface area contributed by atoms with Gasteiger partial charge in [0.05, 0.1) is 0 Å². The lowest BCUT2D eigenvalue weighted by Crippen LogP contribution is -2.38. The largest absolute Gasteiger partial charge is 0.444 e. The van der Waals surface area contributed by atoms with Crippen molar-refractivity contribution in [3.05, 3.63) is 0 Å². The highest BCUT2D eigenvalue weighted by atomic mass is 16.6. The maximum Gasteiger partial charge on any atom is 0.407 e. The lowest BCUT2D eigenvalue weighted by Gasteiger charge is -2.20. The Bertz CT molecular complexity index is 350. The van der Waals surface area contributed by atoms with Crippen LogP contribution in [0.3, 0.4) is 0 Å². The highest BCUT2D eigenvalue weighted by Crippen LogP contribution is 2.07. The average Bonchev–Trinajstić information content (AvgIpc) is 2.35. The van der Waals surface area contributed by atoms with Gasteiger partial charge in [-0.15, -0.1) is 0 Å². The van der Waals surface area contributed by atoms with Gasteiger partial charge >= 0.3 is 12.2 Å². The number of ether oxygens (including phenoxy) is 2. The van der Waals surface area contributed by atoms with Crippen LogP contribution in [0.1, 0.15) is 61.3 Å². The Morgan fingerprint density at radius 1 is 0.833 bits per heavy atom. The quantitative estimate of drug-likeness (QED) is 0.589. The topological polar surface area (TPSA) is 88.7 Å². The van der Waals surface area contributed by atoms with Crippen LogP contribution in [-0.4, -0.2) is 49.1 Å². The van der Waals surface area contributed by atoms with Crippen LogP contribution in [0.2, 0.25) is 0 Å². The number of carbonyl (C=O) groups excluding carboxylic acids is 2. The molecule has 0 saturated heterocycles. The second-order valence-electron chi connectivity index (χ2n) is 7.85. The van der Waals surface area contributed by atoms with E-state index in [1.807, 2.05) is 41.5 Å². The Morgan fingerprint density at radius 3 is 1.75 bits per heavy atom. The molecule has 7 nitrogen and oxygen atoms in total. The minimum absolute atomic E-state index is 0.297. The van der Waals surface area contributed by atoms with Crippen LogP contribution in [-0.2, 0) is 9.47 Å². The second kappa shape index (κ2) is 10.4. The third-order valence-electron chi connectivity index (χ3n) is 2.77. The molecule has 24 heavy (non-hydrogen) atoms. The van der Waals surface area contributed by atoms with E-state index in [-0.39, 0.29) is 6.09 Å². The van der Waals surface area contributed by atoms with Gasteiger partial charge in [-0.3, -0.25) is 0 Å². The zero-order chi connectivity index (χ0) is 18.8. The first kappa shape index (κ1) is 22.5. The van der Waals surface area contributed by atoms with E-state index in [1.165, 1.54) is 0 Å². The number of nitrogens with one attached hydrogen (secondary N) is 3. The Morgan fingerprint density at radius 2 is 1.29 bits per heavy atom. The lowest BCUT2D eigenvalue weighted by atomic mass is 10.2. The molecule has 3 N–H and O–H groups in total. The normalized spacial score (nSPS) is 13.1. The van der Waals surface area contributed by atoms with Crippen LogP contribution in [0, 0.1) is 0 Å². The Hall–Kier alpha value is -1.50. The summed E-state index contributed by atoms with van der Waals surface area (Å²) in [7, 11) is 0. The zero-order valence-corrected chi connectivity index (χ0v) is 16.2. The number of rotatable bonds is 8. The molecule has 1 atom stereocenters. The van der Waals surface area contributed by atoms with Gasteiger partial charge < -0.3 is 25.4 Å². The van der Waals surface area contributed by atoms with E-state index in [0.717, 1.165) is 12.8 Å². The monoisotopic (exact) mass is 345 g/mol. The van der Waals surface area contributed by atoms with E-state index in [1.54, 1.807) is 0 Å². The predicted octanol–water partition coefficient (Wildman–Crippen LogP) is 2.79. The molecule has 0 rings (SSSR count). The molecule has 0 aromatic heterocycles. The Kier molecular flexibility index (Phi) is 9.73. The van der Waals surface area contributed by atoms with Gasteiger partial charge in [-0.25, -0.2) is 9.59 Å². The molecule has 0 aliphatic heterocycles. The minimum atomic E-state index is -0.480. The van der Waals surface area contributed by atoms with Crippen LogP contribution in [0.5, 0.6) is 0 Å². The highest BCUT2D eigenvalue weighted by Gasteiger charge is 2.16. The van der Waals surface area contributed by atoms with Crippen molar-refractivity contribution in [2.24, 2.45) is 0 Å². The Labute approximate surface area is 146 Å². The van der Waals surface area contributed by atoms with E-state index >= 15 is 0 Å². The van der Waals surface area contributed by atoms with E-state index in [2.05, 4.69) is 22.9 Å². The molecule has 1 unspecified atom stereocenters. The van der Waals surface area contributed by atoms with Crippen molar-refractivity contribution in [3.63, 3.8) is 0 Å². The fourth-order valence-corrected chi connectivity index (χ4v) is 1.81.